The molecule has 2 aromatic heterocycles. The van der Waals surface area contributed by atoms with Crippen molar-refractivity contribution in [2.24, 2.45) is 0 Å². The maximum absolute atomic E-state index is 15.0. The largest absolute Gasteiger partial charge is 0.378 e. The van der Waals surface area contributed by atoms with Crippen molar-refractivity contribution in [1.82, 2.24) is 15.0 Å². The molecule has 8 nitrogen and oxygen atoms in total. The summed E-state index contributed by atoms with van der Waals surface area (Å²) in [5.41, 5.74) is 3.39. The smallest absolute Gasteiger partial charge is 0.247 e. The maximum atomic E-state index is 15.0. The van der Waals surface area contributed by atoms with Crippen LogP contribution >= 0.6 is 0 Å². The van der Waals surface area contributed by atoms with E-state index in [4.69, 9.17) is 4.74 Å². The Morgan fingerprint density at radius 1 is 1.06 bits per heavy atom. The van der Waals surface area contributed by atoms with Gasteiger partial charge in [0.1, 0.15) is 5.82 Å². The van der Waals surface area contributed by atoms with Gasteiger partial charge in [-0.2, -0.15) is 0 Å². The van der Waals surface area contributed by atoms with Gasteiger partial charge in [0, 0.05) is 47.9 Å². The summed E-state index contributed by atoms with van der Waals surface area (Å²) in [7, 11) is 0. The number of carbonyl (C=O) groups is 1. The molecule has 9 heteroatoms. The van der Waals surface area contributed by atoms with Crippen LogP contribution in [0, 0.1) is 5.82 Å². The van der Waals surface area contributed by atoms with Crippen molar-refractivity contribution in [2.75, 3.05) is 41.8 Å². The molecule has 1 aliphatic rings. The van der Waals surface area contributed by atoms with Crippen LogP contribution < -0.4 is 15.5 Å². The lowest BCUT2D eigenvalue weighted by atomic mass is 10.1. The molecule has 0 aliphatic carbocycles. The lowest BCUT2D eigenvalue weighted by Gasteiger charge is -2.28. The minimum atomic E-state index is -0.475. The molecular weight excluding hydrogens is 447 g/mol. The van der Waals surface area contributed by atoms with Crippen LogP contribution in [0.1, 0.15) is 0 Å². The number of pyridine rings is 1. The average Bonchev–Trinajstić information content (AvgIpc) is 2.89. The summed E-state index contributed by atoms with van der Waals surface area (Å²) in [6, 6.07) is 14.2. The Morgan fingerprint density at radius 3 is 2.63 bits per heavy atom. The van der Waals surface area contributed by atoms with Crippen LogP contribution in [0.3, 0.4) is 0 Å². The number of benzene rings is 2. The molecule has 2 N–H and O–H groups in total. The molecule has 1 fully saturated rings. The normalized spacial score (nSPS) is 13.5. The second-order valence-corrected chi connectivity index (χ2v) is 7.95. The standard InChI is InChI=1S/C26H23FN6O2/c1-2-23(34)30-19-9-10-28-22(15-19)24-21(27)8-3-17-16-29-26(32-25(17)24)31-18-4-6-20(7-5-18)33-11-13-35-14-12-33/h2-10,15-16H,1,11-14H2,(H,28,30,34)(H,29,31,32). The zero-order valence-corrected chi connectivity index (χ0v) is 18.9. The van der Waals surface area contributed by atoms with Crippen molar-refractivity contribution in [1.29, 1.82) is 0 Å². The molecule has 0 atom stereocenters. The second-order valence-electron chi connectivity index (χ2n) is 7.95. The summed E-state index contributed by atoms with van der Waals surface area (Å²) < 4.78 is 20.4. The summed E-state index contributed by atoms with van der Waals surface area (Å²) in [5, 5.41) is 6.52. The molecule has 3 heterocycles. The van der Waals surface area contributed by atoms with E-state index in [9.17, 15) is 4.79 Å². The fraction of sp³-hybridized carbons (Fsp3) is 0.154. The molecular formula is C26H23FN6O2. The van der Waals surface area contributed by atoms with E-state index in [1.54, 1.807) is 24.4 Å². The highest BCUT2D eigenvalue weighted by Gasteiger charge is 2.16. The third-order valence-corrected chi connectivity index (χ3v) is 5.67. The van der Waals surface area contributed by atoms with Gasteiger partial charge in [-0.3, -0.25) is 9.78 Å². The Kier molecular flexibility index (Phi) is 6.32. The fourth-order valence-corrected chi connectivity index (χ4v) is 3.92. The molecule has 0 bridgehead atoms. The van der Waals surface area contributed by atoms with Gasteiger partial charge in [-0.1, -0.05) is 6.58 Å². The number of nitrogens with zero attached hydrogens (tertiary/aromatic N) is 4. The highest BCUT2D eigenvalue weighted by atomic mass is 19.1. The Balaban J connectivity index is 1.45. The number of morpholine rings is 1. The summed E-state index contributed by atoms with van der Waals surface area (Å²) in [6.45, 7) is 6.62. The predicted octanol–water partition coefficient (Wildman–Crippen LogP) is 4.54. The Bertz CT molecular complexity index is 1390. The molecule has 1 aliphatic heterocycles. The number of amides is 1. The minimum absolute atomic E-state index is 0.227. The van der Waals surface area contributed by atoms with Crippen LogP contribution in [0.2, 0.25) is 0 Å². The topological polar surface area (TPSA) is 92.3 Å². The predicted molar refractivity (Wildman–Crippen MR) is 134 cm³/mol. The van der Waals surface area contributed by atoms with Crippen molar-refractivity contribution in [2.45, 2.75) is 0 Å². The van der Waals surface area contributed by atoms with Crippen molar-refractivity contribution < 1.29 is 13.9 Å². The van der Waals surface area contributed by atoms with E-state index in [2.05, 4.69) is 37.1 Å². The molecule has 0 unspecified atom stereocenters. The molecule has 1 saturated heterocycles. The van der Waals surface area contributed by atoms with Gasteiger partial charge < -0.3 is 20.3 Å². The van der Waals surface area contributed by atoms with Gasteiger partial charge in [0.05, 0.1) is 30.0 Å². The van der Waals surface area contributed by atoms with E-state index in [-0.39, 0.29) is 11.5 Å². The Morgan fingerprint density at radius 2 is 1.86 bits per heavy atom. The van der Waals surface area contributed by atoms with E-state index in [0.717, 1.165) is 43.8 Å². The third kappa shape index (κ3) is 4.95. The number of fused-ring (bicyclic) bond motifs is 1. The van der Waals surface area contributed by atoms with Crippen molar-refractivity contribution in [3.05, 3.63) is 79.4 Å². The van der Waals surface area contributed by atoms with Crippen LogP contribution in [0.25, 0.3) is 22.2 Å². The SMILES string of the molecule is C=CC(=O)Nc1ccnc(-c2c(F)ccc3cnc(Nc4ccc(N5CCOCC5)cc4)nc23)c1. The zero-order chi connectivity index (χ0) is 24.2. The molecule has 4 aromatic rings. The van der Waals surface area contributed by atoms with Gasteiger partial charge >= 0.3 is 0 Å². The molecule has 0 saturated carbocycles. The molecule has 0 radical (unpaired) electrons. The van der Waals surface area contributed by atoms with Crippen molar-refractivity contribution in [3.8, 4) is 11.3 Å². The van der Waals surface area contributed by atoms with E-state index in [1.807, 2.05) is 24.3 Å². The van der Waals surface area contributed by atoms with Crippen molar-refractivity contribution in [3.63, 3.8) is 0 Å². The van der Waals surface area contributed by atoms with Crippen LogP contribution in [0.4, 0.5) is 27.4 Å². The van der Waals surface area contributed by atoms with Gasteiger partial charge in [-0.25, -0.2) is 14.4 Å². The molecule has 5 rings (SSSR count). The number of hydrogen-bond donors (Lipinski definition) is 2. The maximum Gasteiger partial charge on any atom is 0.247 e. The van der Waals surface area contributed by atoms with Crippen molar-refractivity contribution >= 4 is 39.8 Å². The highest BCUT2D eigenvalue weighted by molar-refractivity contribution is 6.00. The lowest BCUT2D eigenvalue weighted by molar-refractivity contribution is -0.111. The number of rotatable bonds is 6. The minimum Gasteiger partial charge on any atom is -0.378 e. The van der Waals surface area contributed by atoms with Gasteiger partial charge in [0.2, 0.25) is 11.9 Å². The lowest BCUT2D eigenvalue weighted by Crippen LogP contribution is -2.36. The number of ether oxygens (including phenoxy) is 1. The van der Waals surface area contributed by atoms with Crippen LogP contribution in [-0.4, -0.2) is 47.2 Å². The highest BCUT2D eigenvalue weighted by Crippen LogP contribution is 2.31. The number of nitrogens with one attached hydrogen (secondary N) is 2. The molecule has 1 amide bonds. The molecule has 176 valence electrons. The van der Waals surface area contributed by atoms with E-state index < -0.39 is 5.82 Å². The van der Waals surface area contributed by atoms with Gasteiger partial charge in [-0.05, 0) is 54.6 Å². The first kappa shape index (κ1) is 22.4. The number of hydrogen-bond acceptors (Lipinski definition) is 7. The fourth-order valence-electron chi connectivity index (χ4n) is 3.92. The van der Waals surface area contributed by atoms with E-state index in [1.165, 1.54) is 12.3 Å². The van der Waals surface area contributed by atoms with Gasteiger partial charge in [-0.15, -0.1) is 0 Å². The first-order valence-electron chi connectivity index (χ1n) is 11.2. The Hall–Kier alpha value is -4.37. The summed E-state index contributed by atoms with van der Waals surface area (Å²) >= 11 is 0. The number of anilines is 4. The van der Waals surface area contributed by atoms with Gasteiger partial charge in [0.15, 0.2) is 0 Å². The first-order valence-corrected chi connectivity index (χ1v) is 11.2. The van der Waals surface area contributed by atoms with Crippen LogP contribution in [0.15, 0.2) is 73.6 Å². The zero-order valence-electron chi connectivity index (χ0n) is 18.9. The third-order valence-electron chi connectivity index (χ3n) is 5.67. The van der Waals surface area contributed by atoms with Crippen LogP contribution in [0.5, 0.6) is 0 Å². The summed E-state index contributed by atoms with van der Waals surface area (Å²) in [6.07, 6.45) is 4.30. The number of halogens is 1. The van der Waals surface area contributed by atoms with Crippen LogP contribution in [-0.2, 0) is 9.53 Å². The first-order chi connectivity index (χ1) is 17.1. The number of aromatic nitrogens is 3. The second kappa shape index (κ2) is 9.86. The summed E-state index contributed by atoms with van der Waals surface area (Å²) in [5.74, 6) is -0.509. The summed E-state index contributed by atoms with van der Waals surface area (Å²) in [4.78, 5) is 27.2. The van der Waals surface area contributed by atoms with E-state index in [0.29, 0.717) is 28.2 Å². The van der Waals surface area contributed by atoms with E-state index >= 15 is 4.39 Å². The Labute approximate surface area is 201 Å². The van der Waals surface area contributed by atoms with Gasteiger partial charge in [0.25, 0.3) is 0 Å². The molecule has 2 aromatic carbocycles. The number of carbonyl (C=O) groups excluding carboxylic acids is 1. The molecule has 0 spiro atoms. The average molecular weight is 471 g/mol. The quantitative estimate of drug-likeness (QED) is 0.400. The molecule has 35 heavy (non-hydrogen) atoms. The monoisotopic (exact) mass is 470 g/mol.